The van der Waals surface area contributed by atoms with Crippen LogP contribution in [0.5, 0.6) is 0 Å². The average Bonchev–Trinajstić information content (AvgIpc) is 3.05. The largest absolute Gasteiger partial charge is 0.0654 e. The van der Waals surface area contributed by atoms with E-state index in [1.165, 1.54) is 83.9 Å². The topological polar surface area (TPSA) is 0 Å². The summed E-state index contributed by atoms with van der Waals surface area (Å²) in [5.74, 6) is 0. The summed E-state index contributed by atoms with van der Waals surface area (Å²) in [5.41, 5.74) is 10.1. The molecular weight excluding hydrogens is 324 g/mol. The zero-order chi connectivity index (χ0) is 18.5. The second-order valence-electron chi connectivity index (χ2n) is 7.88. The number of fused-ring (bicyclic) bond motifs is 5. The fraction of sp³-hybridized carbons (Fsp3) is 0.333. The van der Waals surface area contributed by atoms with Gasteiger partial charge < -0.3 is 0 Å². The van der Waals surface area contributed by atoms with Gasteiger partial charge in [0.1, 0.15) is 0 Å². The normalized spacial score (nSPS) is 18.5. The van der Waals surface area contributed by atoms with Crippen LogP contribution >= 0.6 is 0 Å². The summed E-state index contributed by atoms with van der Waals surface area (Å²) in [7, 11) is 0. The van der Waals surface area contributed by atoms with Crippen molar-refractivity contribution in [2.24, 2.45) is 0 Å². The van der Waals surface area contributed by atoms with Gasteiger partial charge >= 0.3 is 0 Å². The van der Waals surface area contributed by atoms with Crippen molar-refractivity contribution in [2.45, 2.75) is 58.3 Å². The molecule has 0 radical (unpaired) electrons. The van der Waals surface area contributed by atoms with Crippen molar-refractivity contribution in [2.75, 3.05) is 0 Å². The second kappa shape index (κ2) is 8.57. The SMILES string of the molecule is CCCCCCCCC1=C/c2c(ccc3c2Cc2ccccc2-3)/C=C/C=C\1. The third-order valence-electron chi connectivity index (χ3n) is 5.91. The molecule has 0 aliphatic heterocycles. The lowest BCUT2D eigenvalue weighted by Crippen LogP contribution is -1.94. The lowest BCUT2D eigenvalue weighted by atomic mass is 9.92. The fourth-order valence-electron chi connectivity index (χ4n) is 4.41. The van der Waals surface area contributed by atoms with Gasteiger partial charge in [-0.25, -0.2) is 0 Å². The van der Waals surface area contributed by atoms with Crippen LogP contribution in [0.15, 0.2) is 60.2 Å². The first kappa shape index (κ1) is 18.0. The molecule has 0 heteroatoms. The van der Waals surface area contributed by atoms with Gasteiger partial charge in [-0.1, -0.05) is 106 Å². The lowest BCUT2D eigenvalue weighted by molar-refractivity contribution is 0.608. The molecule has 0 saturated heterocycles. The maximum Gasteiger partial charge on any atom is -0.000728 e. The molecule has 0 atom stereocenters. The van der Waals surface area contributed by atoms with E-state index in [-0.39, 0.29) is 0 Å². The Hall–Kier alpha value is -2.34. The van der Waals surface area contributed by atoms with Gasteiger partial charge in [0.05, 0.1) is 0 Å². The van der Waals surface area contributed by atoms with E-state index in [9.17, 15) is 0 Å². The first-order valence-corrected chi connectivity index (χ1v) is 10.7. The van der Waals surface area contributed by atoms with Crippen LogP contribution in [0.4, 0.5) is 0 Å². The molecule has 2 aromatic carbocycles. The highest BCUT2D eigenvalue weighted by atomic mass is 14.2. The molecule has 0 N–H and O–H groups in total. The number of rotatable bonds is 7. The molecule has 0 unspecified atom stereocenters. The third-order valence-corrected chi connectivity index (χ3v) is 5.91. The smallest absolute Gasteiger partial charge is 0.000728 e. The average molecular weight is 355 g/mol. The first-order chi connectivity index (χ1) is 13.4. The van der Waals surface area contributed by atoms with Crippen molar-refractivity contribution in [3.05, 3.63) is 82.5 Å². The quantitative estimate of drug-likeness (QED) is 0.377. The van der Waals surface area contributed by atoms with E-state index in [0.717, 1.165) is 6.42 Å². The second-order valence-corrected chi connectivity index (χ2v) is 7.88. The molecule has 2 aliphatic carbocycles. The summed E-state index contributed by atoms with van der Waals surface area (Å²) in [5, 5.41) is 0. The summed E-state index contributed by atoms with van der Waals surface area (Å²) in [6.07, 6.45) is 21.8. The summed E-state index contributed by atoms with van der Waals surface area (Å²) in [6, 6.07) is 13.5. The standard InChI is InChI=1S/C27H30/c1-2-3-4-5-6-7-12-21-13-8-9-14-22-17-18-25-24-16-11-10-15-23(24)20-27(25)26(22)19-21/h8-11,13-19H,2-7,12,20H2,1H3/b9-8?,13-8-,14-9+,21-13?,21-19-,22-14?,26-19?. The van der Waals surface area contributed by atoms with Crippen LogP contribution in [0.25, 0.3) is 23.3 Å². The van der Waals surface area contributed by atoms with Crippen molar-refractivity contribution in [3.63, 3.8) is 0 Å². The van der Waals surface area contributed by atoms with Crippen LogP contribution in [0.1, 0.15) is 74.1 Å². The predicted molar refractivity (Wildman–Crippen MR) is 119 cm³/mol. The van der Waals surface area contributed by atoms with Gasteiger partial charge in [-0.15, -0.1) is 0 Å². The molecule has 0 bridgehead atoms. The number of allylic oxidation sites excluding steroid dienone is 4. The minimum atomic E-state index is 1.06. The Morgan fingerprint density at radius 1 is 0.778 bits per heavy atom. The maximum atomic E-state index is 2.46. The Bertz CT molecular complexity index is 892. The molecule has 4 rings (SSSR count). The first-order valence-electron chi connectivity index (χ1n) is 10.7. The maximum absolute atomic E-state index is 2.46. The number of unbranched alkanes of at least 4 members (excludes halogenated alkanes) is 5. The van der Waals surface area contributed by atoms with Gasteiger partial charge in [-0.3, -0.25) is 0 Å². The van der Waals surface area contributed by atoms with E-state index in [1.807, 2.05) is 0 Å². The van der Waals surface area contributed by atoms with E-state index >= 15 is 0 Å². The molecule has 0 nitrogen and oxygen atoms in total. The van der Waals surface area contributed by atoms with Crippen molar-refractivity contribution >= 4 is 12.2 Å². The summed E-state index contributed by atoms with van der Waals surface area (Å²) >= 11 is 0. The minimum absolute atomic E-state index is 1.06. The Balaban J connectivity index is 1.57. The highest BCUT2D eigenvalue weighted by Crippen LogP contribution is 2.40. The van der Waals surface area contributed by atoms with E-state index in [0.29, 0.717) is 0 Å². The van der Waals surface area contributed by atoms with Gasteiger partial charge in [0, 0.05) is 0 Å². The van der Waals surface area contributed by atoms with Gasteiger partial charge in [0.2, 0.25) is 0 Å². The molecule has 0 amide bonds. The molecule has 2 aromatic rings. The van der Waals surface area contributed by atoms with Crippen LogP contribution in [0.3, 0.4) is 0 Å². The minimum Gasteiger partial charge on any atom is -0.0654 e. The zero-order valence-corrected chi connectivity index (χ0v) is 16.5. The number of benzene rings is 2. The fourth-order valence-corrected chi connectivity index (χ4v) is 4.41. The van der Waals surface area contributed by atoms with Gasteiger partial charge in [-0.2, -0.15) is 0 Å². The molecular formula is C27H30. The summed E-state index contributed by atoms with van der Waals surface area (Å²) < 4.78 is 0. The van der Waals surface area contributed by atoms with Crippen LogP contribution in [-0.2, 0) is 6.42 Å². The van der Waals surface area contributed by atoms with Crippen LogP contribution in [-0.4, -0.2) is 0 Å². The Morgan fingerprint density at radius 2 is 1.59 bits per heavy atom. The van der Waals surface area contributed by atoms with Crippen LogP contribution in [0, 0.1) is 0 Å². The molecule has 0 fully saturated rings. The zero-order valence-electron chi connectivity index (χ0n) is 16.5. The molecule has 0 spiro atoms. The van der Waals surface area contributed by atoms with Gasteiger partial charge in [0.25, 0.3) is 0 Å². The predicted octanol–water partition coefficient (Wildman–Crippen LogP) is 7.97. The Morgan fingerprint density at radius 3 is 2.52 bits per heavy atom. The molecule has 0 saturated carbocycles. The molecule has 0 heterocycles. The molecule has 0 aromatic heterocycles. The van der Waals surface area contributed by atoms with Gasteiger partial charge in [0.15, 0.2) is 0 Å². The molecule has 2 aliphatic rings. The molecule has 138 valence electrons. The van der Waals surface area contributed by atoms with E-state index in [1.54, 1.807) is 0 Å². The van der Waals surface area contributed by atoms with Crippen molar-refractivity contribution in [1.82, 2.24) is 0 Å². The van der Waals surface area contributed by atoms with E-state index in [2.05, 4.69) is 73.7 Å². The monoisotopic (exact) mass is 354 g/mol. The molecule has 27 heavy (non-hydrogen) atoms. The van der Waals surface area contributed by atoms with E-state index in [4.69, 9.17) is 0 Å². The van der Waals surface area contributed by atoms with Crippen molar-refractivity contribution in [3.8, 4) is 11.1 Å². The summed E-state index contributed by atoms with van der Waals surface area (Å²) in [6.45, 7) is 2.28. The third kappa shape index (κ3) is 4.00. The lowest BCUT2D eigenvalue weighted by Gasteiger charge is -2.13. The highest BCUT2D eigenvalue weighted by molar-refractivity contribution is 5.85. The van der Waals surface area contributed by atoms with E-state index < -0.39 is 0 Å². The highest BCUT2D eigenvalue weighted by Gasteiger charge is 2.21. The summed E-state index contributed by atoms with van der Waals surface area (Å²) in [4.78, 5) is 0. The van der Waals surface area contributed by atoms with Crippen LogP contribution in [0.2, 0.25) is 0 Å². The van der Waals surface area contributed by atoms with Crippen LogP contribution < -0.4 is 0 Å². The number of hydrogen-bond donors (Lipinski definition) is 0. The van der Waals surface area contributed by atoms with Crippen molar-refractivity contribution < 1.29 is 0 Å². The Kier molecular flexibility index (Phi) is 5.72. The van der Waals surface area contributed by atoms with Gasteiger partial charge in [-0.05, 0) is 58.2 Å². The number of hydrogen-bond acceptors (Lipinski definition) is 0. The van der Waals surface area contributed by atoms with Crippen molar-refractivity contribution in [1.29, 1.82) is 0 Å². The Labute approximate surface area is 164 Å².